The molecule has 182 valence electrons. The first-order valence-corrected chi connectivity index (χ1v) is 11.9. The van der Waals surface area contributed by atoms with Gasteiger partial charge in [0, 0.05) is 35.9 Å². The predicted molar refractivity (Wildman–Crippen MR) is 132 cm³/mol. The van der Waals surface area contributed by atoms with Crippen LogP contribution in [0.2, 0.25) is 0 Å². The Labute approximate surface area is 209 Å². The summed E-state index contributed by atoms with van der Waals surface area (Å²) in [5.74, 6) is -0.247. The summed E-state index contributed by atoms with van der Waals surface area (Å²) in [6.45, 7) is 4.22. The van der Waals surface area contributed by atoms with Gasteiger partial charge in [0.25, 0.3) is 0 Å². The number of amides is 1. The summed E-state index contributed by atoms with van der Waals surface area (Å²) < 4.78 is 47.6. The normalized spacial score (nSPS) is 20.4. The molecule has 6 nitrogen and oxygen atoms in total. The van der Waals surface area contributed by atoms with E-state index in [1.54, 1.807) is 15.2 Å². The van der Waals surface area contributed by atoms with Gasteiger partial charge in [0.15, 0.2) is 6.35 Å². The molecule has 1 amide bonds. The minimum Gasteiger partial charge on any atom is -0.486 e. The van der Waals surface area contributed by atoms with E-state index in [0.29, 0.717) is 42.6 Å². The first kappa shape index (κ1) is 24.8. The summed E-state index contributed by atoms with van der Waals surface area (Å²) in [7, 11) is 0. The predicted octanol–water partition coefficient (Wildman–Crippen LogP) is 5.60. The smallest absolute Gasteiger partial charge is 0.416 e. The lowest BCUT2D eigenvalue weighted by molar-refractivity contribution is -0.137. The van der Waals surface area contributed by atoms with Gasteiger partial charge < -0.3 is 15.2 Å². The average molecular weight is 587 g/mol. The maximum atomic E-state index is 13.3. The lowest BCUT2D eigenvalue weighted by Crippen LogP contribution is -2.44. The standard InChI is InChI=1S/C24H25F3IN3O3/c1-3-23(4-2)12-14(16-9-8-15(24(25,26)27)11-20(16)34-23)10-21(32)30-18-6-5-7-19-17(18)13-29-22(33)31(19)28/h5-11,22,29,33H,3-4,12-13H2,1-2H3,(H,30,32)/b14-10+. The molecule has 0 bridgehead atoms. The number of benzene rings is 2. The molecule has 4 rings (SSSR count). The lowest BCUT2D eigenvalue weighted by atomic mass is 9.83. The van der Waals surface area contributed by atoms with Gasteiger partial charge in [-0.05, 0) is 42.7 Å². The van der Waals surface area contributed by atoms with Gasteiger partial charge >= 0.3 is 6.18 Å². The molecule has 1 unspecified atom stereocenters. The first-order chi connectivity index (χ1) is 16.1. The van der Waals surface area contributed by atoms with Crippen LogP contribution in [0, 0.1) is 0 Å². The van der Waals surface area contributed by atoms with Crippen molar-refractivity contribution < 1.29 is 27.8 Å². The second-order valence-corrected chi connectivity index (χ2v) is 9.45. The summed E-state index contributed by atoms with van der Waals surface area (Å²) in [5.41, 5.74) is 1.85. The molecule has 0 saturated heterocycles. The number of hydrogen-bond donors (Lipinski definition) is 3. The third-order valence-corrected chi connectivity index (χ3v) is 7.45. The molecule has 0 aliphatic carbocycles. The quantitative estimate of drug-likeness (QED) is 0.247. The van der Waals surface area contributed by atoms with Crippen molar-refractivity contribution in [3.8, 4) is 5.75 Å². The number of ether oxygens (including phenoxy) is 1. The second-order valence-electron chi connectivity index (χ2n) is 8.41. The van der Waals surface area contributed by atoms with Crippen LogP contribution in [0.1, 0.15) is 49.8 Å². The number of aliphatic hydroxyl groups is 1. The molecule has 34 heavy (non-hydrogen) atoms. The van der Waals surface area contributed by atoms with Gasteiger partial charge in [-0.3, -0.25) is 13.2 Å². The fourth-order valence-electron chi connectivity index (χ4n) is 4.34. The van der Waals surface area contributed by atoms with E-state index in [4.69, 9.17) is 4.74 Å². The number of carbonyl (C=O) groups excluding carboxylic acids is 1. The van der Waals surface area contributed by atoms with Gasteiger partial charge in [0.2, 0.25) is 5.91 Å². The summed E-state index contributed by atoms with van der Waals surface area (Å²) in [6, 6.07) is 8.81. The molecule has 3 N–H and O–H groups in total. The highest BCUT2D eigenvalue weighted by atomic mass is 127. The van der Waals surface area contributed by atoms with Crippen molar-refractivity contribution in [2.24, 2.45) is 0 Å². The van der Waals surface area contributed by atoms with Crippen LogP contribution in [0.4, 0.5) is 24.5 Å². The Morgan fingerprint density at radius 2 is 2.06 bits per heavy atom. The van der Waals surface area contributed by atoms with Crippen molar-refractivity contribution in [3.63, 3.8) is 0 Å². The zero-order chi connectivity index (χ0) is 24.7. The Morgan fingerprint density at radius 1 is 1.32 bits per heavy atom. The molecule has 0 aromatic heterocycles. The van der Waals surface area contributed by atoms with E-state index in [-0.39, 0.29) is 11.7 Å². The number of alkyl halides is 3. The van der Waals surface area contributed by atoms with Crippen molar-refractivity contribution in [1.82, 2.24) is 5.32 Å². The Kier molecular flexibility index (Phi) is 6.85. The molecular weight excluding hydrogens is 562 g/mol. The molecular formula is C24H25F3IN3O3. The van der Waals surface area contributed by atoms with E-state index < -0.39 is 23.7 Å². The van der Waals surface area contributed by atoms with Crippen molar-refractivity contribution in [2.45, 2.75) is 57.8 Å². The average Bonchev–Trinajstić information content (AvgIpc) is 2.80. The number of carbonyl (C=O) groups is 1. The SMILES string of the molecule is CCC1(CC)C/C(=C\C(=O)Nc2cccc3c2CNC(O)N3I)c2ccc(C(F)(F)F)cc2O1. The van der Waals surface area contributed by atoms with E-state index >= 15 is 0 Å². The van der Waals surface area contributed by atoms with E-state index in [2.05, 4.69) is 10.6 Å². The number of aliphatic hydroxyl groups excluding tert-OH is 1. The Hall–Kier alpha value is -2.31. The van der Waals surface area contributed by atoms with E-state index in [0.717, 1.165) is 23.4 Å². The van der Waals surface area contributed by atoms with Crippen LogP contribution in [0.5, 0.6) is 5.75 Å². The highest BCUT2D eigenvalue weighted by molar-refractivity contribution is 14.1. The third-order valence-electron chi connectivity index (χ3n) is 6.40. The molecule has 10 heteroatoms. The molecule has 1 atom stereocenters. The van der Waals surface area contributed by atoms with Gasteiger partial charge in [-0.25, -0.2) is 0 Å². The highest BCUT2D eigenvalue weighted by Crippen LogP contribution is 2.45. The zero-order valence-corrected chi connectivity index (χ0v) is 20.8. The third kappa shape index (κ3) is 4.76. The molecule has 2 aliphatic heterocycles. The molecule has 0 saturated carbocycles. The summed E-state index contributed by atoms with van der Waals surface area (Å²) in [6.07, 6.45) is -2.29. The van der Waals surface area contributed by atoms with Gasteiger partial charge in [-0.1, -0.05) is 26.0 Å². The number of halogens is 4. The van der Waals surface area contributed by atoms with Crippen LogP contribution in [0.3, 0.4) is 0 Å². The Bertz CT molecular complexity index is 1130. The second kappa shape index (κ2) is 9.38. The van der Waals surface area contributed by atoms with Crippen molar-refractivity contribution in [1.29, 1.82) is 0 Å². The largest absolute Gasteiger partial charge is 0.486 e. The van der Waals surface area contributed by atoms with E-state index in [1.807, 2.05) is 42.8 Å². The van der Waals surface area contributed by atoms with E-state index in [1.165, 1.54) is 12.1 Å². The zero-order valence-electron chi connectivity index (χ0n) is 18.7. The topological polar surface area (TPSA) is 73.8 Å². The molecule has 2 aromatic rings. The molecule has 2 aromatic carbocycles. The number of fused-ring (bicyclic) bond motifs is 2. The lowest BCUT2D eigenvalue weighted by Gasteiger charge is -2.39. The monoisotopic (exact) mass is 587 g/mol. The van der Waals surface area contributed by atoms with Gasteiger partial charge in [-0.2, -0.15) is 13.2 Å². The molecule has 0 fully saturated rings. The molecule has 0 spiro atoms. The fourth-order valence-corrected chi connectivity index (χ4v) is 4.99. The van der Waals surface area contributed by atoms with Crippen molar-refractivity contribution in [3.05, 3.63) is 59.2 Å². The summed E-state index contributed by atoms with van der Waals surface area (Å²) in [4.78, 5) is 13.0. The number of nitrogens with zero attached hydrogens (tertiary/aromatic N) is 1. The maximum Gasteiger partial charge on any atom is 0.416 e. The summed E-state index contributed by atoms with van der Waals surface area (Å²) >= 11 is 1.99. The van der Waals surface area contributed by atoms with Crippen LogP contribution in [-0.2, 0) is 17.5 Å². The van der Waals surface area contributed by atoms with E-state index in [9.17, 15) is 23.1 Å². The number of hydrogen-bond acceptors (Lipinski definition) is 5. The fraction of sp³-hybridized carbons (Fsp3) is 0.375. The number of rotatable bonds is 4. The minimum absolute atomic E-state index is 0.139. The molecule has 2 heterocycles. The highest BCUT2D eigenvalue weighted by Gasteiger charge is 2.38. The van der Waals surface area contributed by atoms with Crippen LogP contribution in [-0.4, -0.2) is 23.0 Å². The van der Waals surface area contributed by atoms with Gasteiger partial charge in [-0.15, -0.1) is 0 Å². The first-order valence-electron chi connectivity index (χ1n) is 11.0. The van der Waals surface area contributed by atoms with Gasteiger partial charge in [0.05, 0.1) is 34.1 Å². The van der Waals surface area contributed by atoms with Crippen LogP contribution in [0.15, 0.2) is 42.5 Å². The number of nitrogens with one attached hydrogen (secondary N) is 2. The van der Waals surface area contributed by atoms with Crippen LogP contribution < -0.4 is 18.5 Å². The van der Waals surface area contributed by atoms with Crippen LogP contribution in [0.25, 0.3) is 5.57 Å². The van der Waals surface area contributed by atoms with Crippen molar-refractivity contribution >= 4 is 45.7 Å². The van der Waals surface area contributed by atoms with Gasteiger partial charge in [0.1, 0.15) is 11.4 Å². The molecule has 0 radical (unpaired) electrons. The Balaban J connectivity index is 1.68. The summed E-state index contributed by atoms with van der Waals surface area (Å²) in [5, 5.41) is 15.8. The molecule has 2 aliphatic rings. The minimum atomic E-state index is -4.49. The van der Waals surface area contributed by atoms with Crippen LogP contribution >= 0.6 is 22.9 Å². The Morgan fingerprint density at radius 3 is 2.74 bits per heavy atom. The maximum absolute atomic E-state index is 13.3. The number of anilines is 2. The van der Waals surface area contributed by atoms with Crippen molar-refractivity contribution in [2.75, 3.05) is 8.43 Å².